The van der Waals surface area contributed by atoms with Gasteiger partial charge in [0.05, 0.1) is 6.04 Å². The van der Waals surface area contributed by atoms with E-state index in [-0.39, 0.29) is 6.04 Å². The average Bonchev–Trinajstić information content (AvgIpc) is 2.90. The molecule has 0 bridgehead atoms. The van der Waals surface area contributed by atoms with Crippen molar-refractivity contribution < 1.29 is 0 Å². The lowest BCUT2D eigenvalue weighted by molar-refractivity contribution is 0.551. The first-order chi connectivity index (χ1) is 9.13. The van der Waals surface area contributed by atoms with Gasteiger partial charge in [0.15, 0.2) is 5.82 Å². The highest BCUT2D eigenvalue weighted by atomic mass is 79.9. The van der Waals surface area contributed by atoms with Crippen molar-refractivity contribution in [2.24, 2.45) is 11.8 Å². The third-order valence-electron chi connectivity index (χ3n) is 2.73. The van der Waals surface area contributed by atoms with Gasteiger partial charge in [-0.15, -0.1) is 11.3 Å². The quantitative estimate of drug-likeness (QED) is 0.574. The molecule has 2 heterocycles. The minimum absolute atomic E-state index is 0.205. The molecular weight excluding hydrogens is 326 g/mol. The molecule has 0 amide bonds. The first kappa shape index (κ1) is 14.2. The van der Waals surface area contributed by atoms with Crippen LogP contribution in [0.3, 0.4) is 0 Å². The summed E-state index contributed by atoms with van der Waals surface area (Å²) in [6, 6.07) is 4.38. The number of hydrogen-bond acceptors (Lipinski definition) is 6. The lowest BCUT2D eigenvalue weighted by Crippen LogP contribution is -2.18. The summed E-state index contributed by atoms with van der Waals surface area (Å²) in [5.41, 5.74) is 2.54. The fourth-order valence-electron chi connectivity index (χ4n) is 1.75. The molecule has 0 saturated heterocycles. The van der Waals surface area contributed by atoms with E-state index in [4.69, 9.17) is 5.84 Å². The summed E-state index contributed by atoms with van der Waals surface area (Å²) < 4.78 is 0.736. The first-order valence-electron chi connectivity index (χ1n) is 5.90. The van der Waals surface area contributed by atoms with E-state index in [1.807, 2.05) is 0 Å². The maximum atomic E-state index is 5.41. The standard InChI is InChI=1S/C12H16BrN5S/c1-7(2)10(8-4-3-5-19-8)17-11-9(13)12(18-14)16-6-15-11/h3-7,10H,14H2,1-2H3,(H2,15,16,17,18). The van der Waals surface area contributed by atoms with Crippen LogP contribution in [0.4, 0.5) is 11.6 Å². The molecule has 0 spiro atoms. The number of nitrogens with zero attached hydrogens (tertiary/aromatic N) is 2. The van der Waals surface area contributed by atoms with Gasteiger partial charge in [0.1, 0.15) is 16.6 Å². The molecule has 2 rings (SSSR count). The normalized spacial score (nSPS) is 12.5. The number of thiophene rings is 1. The molecule has 7 heteroatoms. The van der Waals surface area contributed by atoms with E-state index in [1.54, 1.807) is 11.3 Å². The molecule has 0 aliphatic heterocycles. The van der Waals surface area contributed by atoms with Crippen LogP contribution in [0.25, 0.3) is 0 Å². The molecule has 1 unspecified atom stereocenters. The number of aromatic nitrogens is 2. The molecule has 1 atom stereocenters. The molecule has 0 saturated carbocycles. The van der Waals surface area contributed by atoms with Crippen LogP contribution in [0.5, 0.6) is 0 Å². The van der Waals surface area contributed by atoms with Gasteiger partial charge >= 0.3 is 0 Å². The average molecular weight is 342 g/mol. The van der Waals surface area contributed by atoms with Crippen molar-refractivity contribution in [1.82, 2.24) is 9.97 Å². The van der Waals surface area contributed by atoms with Crippen molar-refractivity contribution in [3.63, 3.8) is 0 Å². The van der Waals surface area contributed by atoms with Gasteiger partial charge in [0.2, 0.25) is 0 Å². The zero-order chi connectivity index (χ0) is 13.8. The van der Waals surface area contributed by atoms with Gasteiger partial charge in [-0.25, -0.2) is 15.8 Å². The van der Waals surface area contributed by atoms with E-state index in [0.29, 0.717) is 11.7 Å². The van der Waals surface area contributed by atoms with E-state index >= 15 is 0 Å². The van der Waals surface area contributed by atoms with E-state index in [2.05, 4.69) is 68.0 Å². The lowest BCUT2D eigenvalue weighted by atomic mass is 10.0. The minimum atomic E-state index is 0.205. The molecule has 4 N–H and O–H groups in total. The molecule has 0 aliphatic rings. The predicted octanol–water partition coefficient (Wildman–Crippen LogP) is 3.40. The summed E-state index contributed by atoms with van der Waals surface area (Å²) in [5, 5.41) is 5.52. The van der Waals surface area contributed by atoms with Crippen LogP contribution in [-0.4, -0.2) is 9.97 Å². The van der Waals surface area contributed by atoms with Crippen LogP contribution >= 0.6 is 27.3 Å². The zero-order valence-corrected chi connectivity index (χ0v) is 13.1. The molecule has 5 nitrogen and oxygen atoms in total. The molecule has 19 heavy (non-hydrogen) atoms. The Balaban J connectivity index is 2.28. The summed E-state index contributed by atoms with van der Waals surface area (Å²) in [5.74, 6) is 7.14. The van der Waals surface area contributed by atoms with E-state index in [1.165, 1.54) is 11.2 Å². The van der Waals surface area contributed by atoms with Crippen LogP contribution in [0.1, 0.15) is 24.8 Å². The van der Waals surface area contributed by atoms with Crippen molar-refractivity contribution in [1.29, 1.82) is 0 Å². The van der Waals surface area contributed by atoms with Gasteiger partial charge in [0, 0.05) is 4.88 Å². The maximum Gasteiger partial charge on any atom is 0.159 e. The van der Waals surface area contributed by atoms with Gasteiger partial charge in [-0.2, -0.15) is 0 Å². The third-order valence-corrected chi connectivity index (χ3v) is 4.44. The summed E-state index contributed by atoms with van der Waals surface area (Å²) in [4.78, 5) is 9.58. The summed E-state index contributed by atoms with van der Waals surface area (Å²) in [6.45, 7) is 4.35. The number of nitrogen functional groups attached to an aromatic ring is 1. The van der Waals surface area contributed by atoms with Crippen molar-refractivity contribution >= 4 is 38.9 Å². The highest BCUT2D eigenvalue weighted by Gasteiger charge is 2.19. The number of hydrogen-bond donors (Lipinski definition) is 3. The highest BCUT2D eigenvalue weighted by Crippen LogP contribution is 2.33. The Morgan fingerprint density at radius 2 is 2.05 bits per heavy atom. The molecule has 0 fully saturated rings. The van der Waals surface area contributed by atoms with E-state index < -0.39 is 0 Å². The van der Waals surface area contributed by atoms with Gasteiger partial charge in [-0.05, 0) is 33.3 Å². The van der Waals surface area contributed by atoms with Crippen molar-refractivity contribution in [2.75, 3.05) is 10.7 Å². The molecule has 0 aromatic carbocycles. The molecule has 2 aromatic rings. The fourth-order valence-corrected chi connectivity index (χ4v) is 3.14. The molecular formula is C12H16BrN5S. The van der Waals surface area contributed by atoms with Gasteiger partial charge in [-0.3, -0.25) is 0 Å². The molecule has 0 aliphatic carbocycles. The number of nitrogens with one attached hydrogen (secondary N) is 2. The maximum absolute atomic E-state index is 5.41. The van der Waals surface area contributed by atoms with Crippen molar-refractivity contribution in [2.45, 2.75) is 19.9 Å². The smallest absolute Gasteiger partial charge is 0.159 e. The number of halogens is 1. The van der Waals surface area contributed by atoms with Crippen LogP contribution in [0.15, 0.2) is 28.3 Å². The minimum Gasteiger partial charge on any atom is -0.361 e. The largest absolute Gasteiger partial charge is 0.361 e. The van der Waals surface area contributed by atoms with E-state index in [9.17, 15) is 0 Å². The van der Waals surface area contributed by atoms with Gasteiger partial charge < -0.3 is 10.7 Å². The second kappa shape index (κ2) is 6.31. The summed E-state index contributed by atoms with van der Waals surface area (Å²) in [6.07, 6.45) is 1.48. The Kier molecular flexibility index (Phi) is 4.73. The van der Waals surface area contributed by atoms with Crippen LogP contribution in [0, 0.1) is 5.92 Å². The first-order valence-corrected chi connectivity index (χ1v) is 7.57. The highest BCUT2D eigenvalue weighted by molar-refractivity contribution is 9.10. The number of nitrogens with two attached hydrogens (primary N) is 1. The number of hydrazine groups is 1. The Hall–Kier alpha value is -1.18. The lowest BCUT2D eigenvalue weighted by Gasteiger charge is -2.22. The topological polar surface area (TPSA) is 75.9 Å². The Bertz CT molecular complexity index is 529. The SMILES string of the molecule is CC(C)C(Nc1ncnc(NN)c1Br)c1cccs1. The van der Waals surface area contributed by atoms with Gasteiger partial charge in [-0.1, -0.05) is 19.9 Å². The third kappa shape index (κ3) is 3.23. The second-order valence-corrected chi connectivity index (χ2v) is 6.18. The molecule has 102 valence electrons. The summed E-state index contributed by atoms with van der Waals surface area (Å²) in [7, 11) is 0. The van der Waals surface area contributed by atoms with E-state index in [0.717, 1.165) is 10.3 Å². The fraction of sp³-hybridized carbons (Fsp3) is 0.333. The van der Waals surface area contributed by atoms with Crippen LogP contribution in [-0.2, 0) is 0 Å². The Morgan fingerprint density at radius 1 is 1.32 bits per heavy atom. The zero-order valence-electron chi connectivity index (χ0n) is 10.7. The Morgan fingerprint density at radius 3 is 2.63 bits per heavy atom. The van der Waals surface area contributed by atoms with Crippen LogP contribution in [0.2, 0.25) is 0 Å². The van der Waals surface area contributed by atoms with Crippen molar-refractivity contribution in [3.8, 4) is 0 Å². The summed E-state index contributed by atoms with van der Waals surface area (Å²) >= 11 is 5.19. The van der Waals surface area contributed by atoms with Gasteiger partial charge in [0.25, 0.3) is 0 Å². The van der Waals surface area contributed by atoms with Crippen molar-refractivity contribution in [3.05, 3.63) is 33.2 Å². The second-order valence-electron chi connectivity index (χ2n) is 4.41. The predicted molar refractivity (Wildman–Crippen MR) is 83.1 cm³/mol. The molecule has 2 aromatic heterocycles. The van der Waals surface area contributed by atoms with Crippen LogP contribution < -0.4 is 16.6 Å². The Labute approximate surface area is 124 Å². The number of anilines is 2. The monoisotopic (exact) mass is 341 g/mol. The molecule has 0 radical (unpaired) electrons. The number of rotatable bonds is 5.